The Labute approximate surface area is 219 Å². The van der Waals surface area contributed by atoms with Crippen molar-refractivity contribution >= 4 is 17.0 Å². The van der Waals surface area contributed by atoms with E-state index in [0.717, 1.165) is 54.8 Å². The third-order valence-electron chi connectivity index (χ3n) is 9.24. The van der Waals surface area contributed by atoms with E-state index in [-0.39, 0.29) is 29.2 Å². The molecule has 1 amide bonds. The molecule has 7 rings (SSSR count). The van der Waals surface area contributed by atoms with Gasteiger partial charge in [-0.3, -0.25) is 9.69 Å². The first kappa shape index (κ1) is 23.7. The molecule has 4 aliphatic rings. The number of benzene rings is 1. The number of aromatic nitrogens is 3. The van der Waals surface area contributed by atoms with Crippen LogP contribution in [0.4, 0.5) is 8.78 Å². The molecule has 1 aromatic carbocycles. The molecule has 38 heavy (non-hydrogen) atoms. The number of carbonyl (C=O) groups excluding carboxylic acids is 1. The lowest BCUT2D eigenvalue weighted by Crippen LogP contribution is -2.59. The smallest absolute Gasteiger partial charge is 0.387 e. The van der Waals surface area contributed by atoms with Gasteiger partial charge in [0, 0.05) is 54.8 Å². The zero-order valence-corrected chi connectivity index (χ0v) is 21.2. The molecule has 0 radical (unpaired) electrons. The monoisotopic (exact) mass is 520 g/mol. The molecule has 2 N–H and O–H groups in total. The van der Waals surface area contributed by atoms with Crippen molar-refractivity contribution < 1.29 is 18.3 Å². The highest BCUT2D eigenvalue weighted by atomic mass is 19.3. The molecule has 2 unspecified atom stereocenters. The molecule has 2 bridgehead atoms. The summed E-state index contributed by atoms with van der Waals surface area (Å²) in [4.78, 5) is 22.2. The number of alkyl halides is 2. The molecule has 1 saturated carbocycles. The van der Waals surface area contributed by atoms with Crippen LogP contribution in [-0.2, 0) is 0 Å². The molecule has 0 spiro atoms. The van der Waals surface area contributed by atoms with E-state index in [0.29, 0.717) is 24.1 Å². The van der Waals surface area contributed by atoms with Crippen LogP contribution in [-0.4, -0.2) is 69.1 Å². The molecule has 3 aromatic rings. The highest BCUT2D eigenvalue weighted by Gasteiger charge is 2.46. The van der Waals surface area contributed by atoms with E-state index in [9.17, 15) is 13.6 Å². The molecule has 8 nitrogen and oxygen atoms in total. The van der Waals surface area contributed by atoms with Gasteiger partial charge >= 0.3 is 6.61 Å². The third kappa shape index (κ3) is 3.36. The summed E-state index contributed by atoms with van der Waals surface area (Å²) in [6.07, 6.45) is 9.01. The van der Waals surface area contributed by atoms with Crippen LogP contribution in [0.5, 0.6) is 5.75 Å². The standard InChI is InChI=1S/C28H30F2N6O2/c1-34-21-12-18(23-17(26(34)37)4-2-5-22(23)38-27(29)30)24-20-13-19(32-15-36(20)33-25(21)24)16-6-10-35(11-7-16)28(14-31)8-3-9-28/h2,4-6,13,15,18,21,27H,3,7-12,14,31H2,1H3. The number of hydrogen-bond acceptors (Lipinski definition) is 6. The number of hydrogen-bond donors (Lipinski definition) is 1. The van der Waals surface area contributed by atoms with E-state index < -0.39 is 6.61 Å². The maximum Gasteiger partial charge on any atom is 0.387 e. The van der Waals surface area contributed by atoms with Crippen LogP contribution in [0.3, 0.4) is 0 Å². The number of carbonyl (C=O) groups is 1. The Morgan fingerprint density at radius 1 is 1.26 bits per heavy atom. The molecular weight excluding hydrogens is 490 g/mol. The average Bonchev–Trinajstić information content (AvgIpc) is 3.41. The maximum absolute atomic E-state index is 13.3. The fourth-order valence-corrected chi connectivity index (χ4v) is 7.02. The molecular formula is C28H30F2N6O2. The lowest BCUT2D eigenvalue weighted by molar-refractivity contribution is -0.0505. The highest BCUT2D eigenvalue weighted by molar-refractivity contribution is 5.98. The van der Waals surface area contributed by atoms with Crippen molar-refractivity contribution in [2.75, 3.05) is 26.7 Å². The summed E-state index contributed by atoms with van der Waals surface area (Å²) in [6.45, 7) is -0.478. The van der Waals surface area contributed by atoms with Crippen molar-refractivity contribution in [1.82, 2.24) is 24.4 Å². The van der Waals surface area contributed by atoms with Gasteiger partial charge in [0.05, 0.1) is 22.9 Å². The van der Waals surface area contributed by atoms with Gasteiger partial charge in [0.25, 0.3) is 5.91 Å². The molecule has 0 saturated heterocycles. The predicted octanol–water partition coefficient (Wildman–Crippen LogP) is 3.96. The zero-order chi connectivity index (χ0) is 26.2. The summed E-state index contributed by atoms with van der Waals surface area (Å²) in [7, 11) is 1.75. The van der Waals surface area contributed by atoms with E-state index >= 15 is 0 Å². The van der Waals surface area contributed by atoms with Crippen molar-refractivity contribution in [3.63, 3.8) is 0 Å². The van der Waals surface area contributed by atoms with Crippen molar-refractivity contribution in [2.24, 2.45) is 5.73 Å². The zero-order valence-electron chi connectivity index (χ0n) is 21.2. The minimum Gasteiger partial charge on any atom is -0.434 e. The van der Waals surface area contributed by atoms with Gasteiger partial charge in [-0.15, -0.1) is 0 Å². The van der Waals surface area contributed by atoms with Crippen LogP contribution in [0, 0.1) is 0 Å². The first-order valence-electron chi connectivity index (χ1n) is 13.3. The minimum absolute atomic E-state index is 0.0475. The van der Waals surface area contributed by atoms with Crippen LogP contribution >= 0.6 is 0 Å². The number of fused-ring (bicyclic) bond motifs is 9. The minimum atomic E-state index is -2.98. The lowest BCUT2D eigenvalue weighted by Gasteiger charge is -2.50. The second-order valence-corrected chi connectivity index (χ2v) is 10.9. The van der Waals surface area contributed by atoms with E-state index in [1.54, 1.807) is 34.9 Å². The Kier molecular flexibility index (Phi) is 5.35. The maximum atomic E-state index is 13.3. The molecule has 4 heterocycles. The summed E-state index contributed by atoms with van der Waals surface area (Å²) in [5.41, 5.74) is 11.9. The first-order valence-corrected chi connectivity index (χ1v) is 13.3. The number of amides is 1. The summed E-state index contributed by atoms with van der Waals surface area (Å²) in [5, 5.41) is 4.82. The number of nitrogens with zero attached hydrogens (tertiary/aromatic N) is 5. The van der Waals surface area contributed by atoms with Crippen molar-refractivity contribution in [3.05, 3.63) is 64.7 Å². The van der Waals surface area contributed by atoms with Gasteiger partial charge in [-0.2, -0.15) is 13.9 Å². The Hall–Kier alpha value is -3.37. The van der Waals surface area contributed by atoms with Gasteiger partial charge in [0.15, 0.2) is 0 Å². The van der Waals surface area contributed by atoms with Gasteiger partial charge in [-0.1, -0.05) is 12.1 Å². The molecule has 2 atom stereocenters. The van der Waals surface area contributed by atoms with Crippen LogP contribution in [0.25, 0.3) is 11.1 Å². The number of rotatable bonds is 5. The van der Waals surface area contributed by atoms with Gasteiger partial charge < -0.3 is 15.4 Å². The number of ether oxygens (including phenoxy) is 1. The molecule has 198 valence electrons. The van der Waals surface area contributed by atoms with E-state index in [4.69, 9.17) is 20.6 Å². The number of nitrogens with two attached hydrogens (primary N) is 1. The third-order valence-corrected chi connectivity index (χ3v) is 9.24. The van der Waals surface area contributed by atoms with E-state index in [1.807, 2.05) is 0 Å². The normalized spacial score (nSPS) is 24.2. The summed E-state index contributed by atoms with van der Waals surface area (Å²) < 4.78 is 33.4. The second kappa shape index (κ2) is 8.57. The van der Waals surface area contributed by atoms with E-state index in [1.165, 1.54) is 18.1 Å². The largest absolute Gasteiger partial charge is 0.434 e. The molecule has 10 heteroatoms. The summed E-state index contributed by atoms with van der Waals surface area (Å²) >= 11 is 0. The van der Waals surface area contributed by atoms with Crippen molar-refractivity contribution in [2.45, 2.75) is 56.2 Å². The molecule has 2 aliphatic heterocycles. The van der Waals surface area contributed by atoms with Crippen molar-refractivity contribution in [3.8, 4) is 5.75 Å². The Morgan fingerprint density at radius 3 is 2.79 bits per heavy atom. The first-order chi connectivity index (χ1) is 18.4. The predicted molar refractivity (Wildman–Crippen MR) is 137 cm³/mol. The summed E-state index contributed by atoms with van der Waals surface area (Å²) in [6, 6.07) is 6.61. The summed E-state index contributed by atoms with van der Waals surface area (Å²) in [5.74, 6) is -0.459. The fourth-order valence-electron chi connectivity index (χ4n) is 7.02. The Bertz CT molecular complexity index is 1470. The molecule has 1 fully saturated rings. The Balaban J connectivity index is 1.31. The SMILES string of the molecule is CN1C(=O)c2cccc(OC(F)F)c2C2CC1c1nn3cnc(C4=CCN(C5(CN)CCC5)CC4)cc3c12. The van der Waals surface area contributed by atoms with Crippen LogP contribution in [0.15, 0.2) is 36.7 Å². The lowest BCUT2D eigenvalue weighted by atomic mass is 9.74. The van der Waals surface area contributed by atoms with Crippen LogP contribution in [0.2, 0.25) is 0 Å². The quantitative estimate of drug-likeness (QED) is 0.548. The second-order valence-electron chi connectivity index (χ2n) is 10.9. The van der Waals surface area contributed by atoms with Gasteiger partial charge in [-0.05, 0) is 55.9 Å². The molecule has 2 aliphatic carbocycles. The number of halogens is 2. The van der Waals surface area contributed by atoms with Crippen LogP contribution < -0.4 is 10.5 Å². The average molecular weight is 521 g/mol. The van der Waals surface area contributed by atoms with Gasteiger partial charge in [0.1, 0.15) is 12.1 Å². The molecule has 2 aromatic heterocycles. The topological polar surface area (TPSA) is 89.0 Å². The van der Waals surface area contributed by atoms with Crippen molar-refractivity contribution in [1.29, 1.82) is 0 Å². The van der Waals surface area contributed by atoms with E-state index in [2.05, 4.69) is 17.0 Å². The van der Waals surface area contributed by atoms with Gasteiger partial charge in [0.2, 0.25) is 0 Å². The Morgan fingerprint density at radius 2 is 2.11 bits per heavy atom. The highest BCUT2D eigenvalue weighted by Crippen LogP contribution is 2.53. The fraction of sp³-hybridized carbons (Fsp3) is 0.464. The van der Waals surface area contributed by atoms with Gasteiger partial charge in [-0.25, -0.2) is 9.50 Å². The van der Waals surface area contributed by atoms with Crippen LogP contribution in [0.1, 0.15) is 76.9 Å².